The van der Waals surface area contributed by atoms with Crippen LogP contribution >= 0.6 is 0 Å². The first kappa shape index (κ1) is 16.2. The van der Waals surface area contributed by atoms with E-state index in [1.165, 1.54) is 5.56 Å². The Morgan fingerprint density at radius 2 is 2.09 bits per heavy atom. The van der Waals surface area contributed by atoms with Gasteiger partial charge in [-0.1, -0.05) is 35.5 Å². The quantitative estimate of drug-likeness (QED) is 0.854. The maximum Gasteiger partial charge on any atom is 0.138 e. The minimum Gasteiger partial charge on any atom is -0.392 e. The van der Waals surface area contributed by atoms with Gasteiger partial charge in [-0.15, -0.1) is 0 Å². The van der Waals surface area contributed by atoms with E-state index >= 15 is 0 Å². The molecule has 1 aliphatic heterocycles. The molecule has 23 heavy (non-hydrogen) atoms. The molecule has 2 atom stereocenters. The second-order valence-corrected chi connectivity index (χ2v) is 6.39. The summed E-state index contributed by atoms with van der Waals surface area (Å²) in [7, 11) is 0. The van der Waals surface area contributed by atoms with Crippen molar-refractivity contribution < 1.29 is 9.63 Å². The van der Waals surface area contributed by atoms with Crippen molar-refractivity contribution in [1.82, 2.24) is 15.4 Å². The molecule has 0 saturated carbocycles. The summed E-state index contributed by atoms with van der Waals surface area (Å²) in [4.78, 5) is 2.36. The Balaban J connectivity index is 1.55. The summed E-state index contributed by atoms with van der Waals surface area (Å²) >= 11 is 0. The lowest BCUT2D eigenvalue weighted by atomic mass is 10.1. The van der Waals surface area contributed by atoms with Crippen LogP contribution in [-0.2, 0) is 13.1 Å². The number of aromatic nitrogens is 1. The molecular weight excluding hydrogens is 290 g/mol. The van der Waals surface area contributed by atoms with Crippen LogP contribution in [0.3, 0.4) is 0 Å². The van der Waals surface area contributed by atoms with Gasteiger partial charge in [0.05, 0.1) is 11.8 Å². The molecule has 5 nitrogen and oxygen atoms in total. The van der Waals surface area contributed by atoms with E-state index in [1.54, 1.807) is 0 Å². The van der Waals surface area contributed by atoms with Crippen molar-refractivity contribution in [2.75, 3.05) is 13.1 Å². The first-order valence-corrected chi connectivity index (χ1v) is 8.22. The highest BCUT2D eigenvalue weighted by Crippen LogP contribution is 2.20. The van der Waals surface area contributed by atoms with E-state index < -0.39 is 0 Å². The van der Waals surface area contributed by atoms with Crippen LogP contribution in [0.4, 0.5) is 0 Å². The molecule has 0 aliphatic carbocycles. The summed E-state index contributed by atoms with van der Waals surface area (Å²) in [5.41, 5.74) is 3.37. The van der Waals surface area contributed by atoms with Crippen LogP contribution in [0.5, 0.6) is 0 Å². The normalized spacial score (nSPS) is 21.9. The summed E-state index contributed by atoms with van der Waals surface area (Å²) in [6.07, 6.45) is 0.589. The summed E-state index contributed by atoms with van der Waals surface area (Å²) in [6, 6.07) is 10.8. The number of benzene rings is 1. The Morgan fingerprint density at radius 3 is 2.78 bits per heavy atom. The molecule has 1 saturated heterocycles. The van der Waals surface area contributed by atoms with Crippen LogP contribution in [0.1, 0.15) is 29.0 Å². The highest BCUT2D eigenvalue weighted by Gasteiger charge is 2.30. The lowest BCUT2D eigenvalue weighted by Crippen LogP contribution is -2.37. The molecule has 1 fully saturated rings. The molecule has 2 heterocycles. The van der Waals surface area contributed by atoms with E-state index in [9.17, 15) is 5.11 Å². The van der Waals surface area contributed by atoms with Crippen molar-refractivity contribution in [1.29, 1.82) is 0 Å². The van der Waals surface area contributed by atoms with E-state index in [0.717, 1.165) is 49.6 Å². The molecule has 0 spiro atoms. The van der Waals surface area contributed by atoms with Gasteiger partial charge >= 0.3 is 0 Å². The third kappa shape index (κ3) is 3.99. The molecule has 124 valence electrons. The second kappa shape index (κ2) is 7.25. The topological polar surface area (TPSA) is 61.5 Å². The van der Waals surface area contributed by atoms with Crippen LogP contribution in [0.25, 0.3) is 0 Å². The number of β-amino-alcohol motifs (C(OH)–C–C–N with tert-alkyl or cyclic N) is 1. The molecule has 1 aromatic heterocycles. The van der Waals surface area contributed by atoms with Crippen molar-refractivity contribution in [2.45, 2.75) is 45.5 Å². The maximum atomic E-state index is 10.0. The molecule has 3 rings (SSSR count). The monoisotopic (exact) mass is 315 g/mol. The molecule has 1 aliphatic rings. The number of likely N-dealkylation sites (tertiary alicyclic amines) is 1. The molecule has 2 aromatic rings. The Kier molecular flexibility index (Phi) is 5.10. The zero-order valence-corrected chi connectivity index (χ0v) is 13.8. The molecule has 1 aromatic carbocycles. The van der Waals surface area contributed by atoms with Gasteiger partial charge in [0.1, 0.15) is 5.76 Å². The van der Waals surface area contributed by atoms with Crippen molar-refractivity contribution >= 4 is 0 Å². The maximum absolute atomic E-state index is 10.0. The van der Waals surface area contributed by atoms with E-state index in [0.29, 0.717) is 6.04 Å². The number of aryl methyl sites for hydroxylation is 2. The van der Waals surface area contributed by atoms with Gasteiger partial charge in [-0.2, -0.15) is 0 Å². The Bertz CT molecular complexity index is 607. The van der Waals surface area contributed by atoms with E-state index in [4.69, 9.17) is 4.52 Å². The fourth-order valence-corrected chi connectivity index (χ4v) is 3.30. The summed E-state index contributed by atoms with van der Waals surface area (Å²) in [6.45, 7) is 7.15. The Morgan fingerprint density at radius 1 is 1.30 bits per heavy atom. The number of nitrogens with one attached hydrogen (secondary N) is 1. The number of nitrogens with zero attached hydrogens (tertiary/aromatic N) is 2. The second-order valence-electron chi connectivity index (χ2n) is 6.39. The van der Waals surface area contributed by atoms with Crippen LogP contribution in [0.2, 0.25) is 0 Å². The number of hydrogen-bond donors (Lipinski definition) is 2. The number of aliphatic hydroxyl groups is 1. The van der Waals surface area contributed by atoms with Gasteiger partial charge in [0.15, 0.2) is 0 Å². The van der Waals surface area contributed by atoms with E-state index in [-0.39, 0.29) is 6.10 Å². The van der Waals surface area contributed by atoms with Gasteiger partial charge in [0, 0.05) is 37.8 Å². The SMILES string of the molecule is Cc1noc(C)c1CNCC1CC(O)CN1Cc1ccccc1. The fraction of sp³-hybridized carbons (Fsp3) is 0.500. The van der Waals surface area contributed by atoms with Gasteiger partial charge in [0.2, 0.25) is 0 Å². The summed E-state index contributed by atoms with van der Waals surface area (Å²) < 4.78 is 5.19. The van der Waals surface area contributed by atoms with Crippen molar-refractivity contribution in [3.05, 3.63) is 52.9 Å². The molecule has 2 unspecified atom stereocenters. The Labute approximate surface area is 137 Å². The smallest absolute Gasteiger partial charge is 0.138 e. The molecule has 2 N–H and O–H groups in total. The van der Waals surface area contributed by atoms with Gasteiger partial charge in [-0.25, -0.2) is 0 Å². The van der Waals surface area contributed by atoms with E-state index in [1.807, 2.05) is 19.9 Å². The predicted octanol–water partition coefficient (Wildman–Crippen LogP) is 2.02. The number of hydrogen-bond acceptors (Lipinski definition) is 5. The molecule has 0 amide bonds. The fourth-order valence-electron chi connectivity index (χ4n) is 3.30. The van der Waals surface area contributed by atoms with Crippen molar-refractivity contribution in [3.63, 3.8) is 0 Å². The average Bonchev–Trinajstić information content (AvgIpc) is 3.04. The highest BCUT2D eigenvalue weighted by atomic mass is 16.5. The highest BCUT2D eigenvalue weighted by molar-refractivity contribution is 5.20. The van der Waals surface area contributed by atoms with Gasteiger partial charge in [-0.05, 0) is 25.8 Å². The third-order valence-electron chi connectivity index (χ3n) is 4.60. The predicted molar refractivity (Wildman–Crippen MR) is 88.9 cm³/mol. The first-order valence-electron chi connectivity index (χ1n) is 8.22. The molecular formula is C18H25N3O2. The van der Waals surface area contributed by atoms with Gasteiger partial charge in [0.25, 0.3) is 0 Å². The zero-order valence-electron chi connectivity index (χ0n) is 13.8. The number of aliphatic hydroxyl groups excluding tert-OH is 1. The van der Waals surface area contributed by atoms with Crippen molar-refractivity contribution in [2.24, 2.45) is 0 Å². The lowest BCUT2D eigenvalue weighted by Gasteiger charge is -2.24. The van der Waals surface area contributed by atoms with Gasteiger partial charge < -0.3 is 14.9 Å². The number of rotatable bonds is 6. The van der Waals surface area contributed by atoms with Gasteiger partial charge in [-0.3, -0.25) is 4.90 Å². The Hall–Kier alpha value is -1.69. The van der Waals surface area contributed by atoms with Crippen molar-refractivity contribution in [3.8, 4) is 0 Å². The largest absolute Gasteiger partial charge is 0.392 e. The van der Waals surface area contributed by atoms with Crippen LogP contribution in [0, 0.1) is 13.8 Å². The van der Waals surface area contributed by atoms with Crippen LogP contribution < -0.4 is 5.32 Å². The molecule has 0 bridgehead atoms. The zero-order chi connectivity index (χ0) is 16.2. The minimum atomic E-state index is -0.232. The third-order valence-corrected chi connectivity index (χ3v) is 4.60. The molecule has 5 heteroatoms. The van der Waals surface area contributed by atoms with Crippen LogP contribution in [0.15, 0.2) is 34.9 Å². The molecule has 0 radical (unpaired) electrons. The first-order chi connectivity index (χ1) is 11.1. The summed E-state index contributed by atoms with van der Waals surface area (Å²) in [5, 5.41) is 17.5. The lowest BCUT2D eigenvalue weighted by molar-refractivity contribution is 0.172. The van der Waals surface area contributed by atoms with E-state index in [2.05, 4.69) is 39.6 Å². The minimum absolute atomic E-state index is 0.232. The van der Waals surface area contributed by atoms with Crippen LogP contribution in [-0.4, -0.2) is 40.4 Å². The average molecular weight is 315 g/mol. The summed E-state index contributed by atoms with van der Waals surface area (Å²) in [5.74, 6) is 0.877. The standard InChI is InChI=1S/C18H25N3O2/c1-13-18(14(2)23-20-13)10-19-9-16-8-17(22)12-21(16)11-15-6-4-3-5-7-15/h3-7,16-17,19,22H,8-12H2,1-2H3.